The first-order chi connectivity index (χ1) is 9.60. The van der Waals surface area contributed by atoms with Crippen molar-refractivity contribution in [1.82, 2.24) is 0 Å². The molecule has 2 N–H and O–H groups in total. The minimum absolute atomic E-state index is 0.387. The van der Waals surface area contributed by atoms with Gasteiger partial charge in [0.05, 0.1) is 11.6 Å². The van der Waals surface area contributed by atoms with Gasteiger partial charge in [-0.1, -0.05) is 28.1 Å². The zero-order valence-electron chi connectivity index (χ0n) is 10.4. The van der Waals surface area contributed by atoms with Crippen LogP contribution in [0.1, 0.15) is 16.4 Å². The number of thioether (sulfide) groups is 1. The number of halogens is 1. The Balaban J connectivity index is 2.23. The fraction of sp³-hybridized carbons (Fsp3) is 0.0667. The van der Waals surface area contributed by atoms with Gasteiger partial charge in [-0.25, -0.2) is 0 Å². The minimum atomic E-state index is -0.448. The number of carbonyl (C=O) groups excluding carboxylic acids is 1. The van der Waals surface area contributed by atoms with E-state index in [0.29, 0.717) is 5.56 Å². The number of nitriles is 1. The van der Waals surface area contributed by atoms with Gasteiger partial charge in [-0.05, 0) is 42.0 Å². The Labute approximate surface area is 129 Å². The maximum Gasteiger partial charge on any atom is 0.235 e. The number of primary amides is 1. The maximum absolute atomic E-state index is 11.6. The molecule has 5 heteroatoms. The van der Waals surface area contributed by atoms with Crippen molar-refractivity contribution in [3.8, 4) is 6.07 Å². The van der Waals surface area contributed by atoms with E-state index in [9.17, 15) is 4.79 Å². The molecular formula is C15H11BrN2OS. The Hall–Kier alpha value is -1.77. The Morgan fingerprint density at radius 2 is 1.75 bits per heavy atom. The average molecular weight is 347 g/mol. The van der Waals surface area contributed by atoms with Crippen LogP contribution in [-0.2, 0) is 4.79 Å². The molecule has 0 aliphatic rings. The smallest absolute Gasteiger partial charge is 0.235 e. The van der Waals surface area contributed by atoms with E-state index in [4.69, 9.17) is 11.0 Å². The van der Waals surface area contributed by atoms with E-state index in [1.54, 1.807) is 12.1 Å². The van der Waals surface area contributed by atoms with Gasteiger partial charge in [0.15, 0.2) is 0 Å². The van der Waals surface area contributed by atoms with Crippen molar-refractivity contribution in [3.63, 3.8) is 0 Å². The number of benzene rings is 2. The number of rotatable bonds is 4. The molecule has 0 saturated heterocycles. The second kappa shape index (κ2) is 6.60. The van der Waals surface area contributed by atoms with Gasteiger partial charge in [0.25, 0.3) is 0 Å². The first-order valence-electron chi connectivity index (χ1n) is 5.82. The van der Waals surface area contributed by atoms with E-state index in [2.05, 4.69) is 22.0 Å². The van der Waals surface area contributed by atoms with Crippen molar-refractivity contribution in [2.24, 2.45) is 5.73 Å². The fourth-order valence-corrected chi connectivity index (χ4v) is 2.91. The van der Waals surface area contributed by atoms with Gasteiger partial charge < -0.3 is 5.73 Å². The summed E-state index contributed by atoms with van der Waals surface area (Å²) in [7, 11) is 0. The molecule has 0 bridgehead atoms. The summed E-state index contributed by atoms with van der Waals surface area (Å²) in [6.07, 6.45) is 0. The zero-order valence-corrected chi connectivity index (χ0v) is 12.8. The highest BCUT2D eigenvalue weighted by molar-refractivity contribution is 9.10. The molecule has 0 aromatic heterocycles. The molecule has 0 heterocycles. The SMILES string of the molecule is N#Cc1ccc(SC(C(N)=O)c2ccc(Br)cc2)cc1. The van der Waals surface area contributed by atoms with Crippen LogP contribution in [0.5, 0.6) is 0 Å². The van der Waals surface area contributed by atoms with Gasteiger partial charge in [-0.3, -0.25) is 4.79 Å². The normalized spacial score (nSPS) is 11.6. The standard InChI is InChI=1S/C15H11BrN2OS/c16-12-5-3-11(4-6-12)14(15(18)19)20-13-7-1-10(9-17)2-8-13/h1-8,14H,(H2,18,19). The molecule has 2 aromatic carbocycles. The highest BCUT2D eigenvalue weighted by Crippen LogP contribution is 2.35. The molecule has 2 aromatic rings. The van der Waals surface area contributed by atoms with Crippen LogP contribution in [0.4, 0.5) is 0 Å². The van der Waals surface area contributed by atoms with Gasteiger partial charge in [-0.15, -0.1) is 11.8 Å². The molecule has 2 rings (SSSR count). The highest BCUT2D eigenvalue weighted by Gasteiger charge is 2.19. The molecule has 0 spiro atoms. The van der Waals surface area contributed by atoms with Crippen molar-refractivity contribution in [2.45, 2.75) is 10.1 Å². The van der Waals surface area contributed by atoms with Crippen LogP contribution in [0, 0.1) is 11.3 Å². The minimum Gasteiger partial charge on any atom is -0.368 e. The molecule has 0 fully saturated rings. The van der Waals surface area contributed by atoms with E-state index < -0.39 is 5.25 Å². The van der Waals surface area contributed by atoms with Crippen LogP contribution in [0.2, 0.25) is 0 Å². The summed E-state index contributed by atoms with van der Waals surface area (Å²) in [5.74, 6) is -0.387. The van der Waals surface area contributed by atoms with Crippen molar-refractivity contribution < 1.29 is 4.79 Å². The number of hydrogen-bond donors (Lipinski definition) is 1. The van der Waals surface area contributed by atoms with E-state index in [1.165, 1.54) is 11.8 Å². The lowest BCUT2D eigenvalue weighted by Gasteiger charge is -2.13. The van der Waals surface area contributed by atoms with Gasteiger partial charge in [0, 0.05) is 9.37 Å². The third-order valence-electron chi connectivity index (χ3n) is 2.67. The summed E-state index contributed by atoms with van der Waals surface area (Å²) in [6, 6.07) is 16.6. The highest BCUT2D eigenvalue weighted by atomic mass is 79.9. The topological polar surface area (TPSA) is 66.9 Å². The molecule has 0 saturated carbocycles. The summed E-state index contributed by atoms with van der Waals surface area (Å²) < 4.78 is 0.952. The third-order valence-corrected chi connectivity index (χ3v) is 4.48. The monoisotopic (exact) mass is 346 g/mol. The number of nitrogens with two attached hydrogens (primary N) is 1. The van der Waals surface area contributed by atoms with Gasteiger partial charge in [0.2, 0.25) is 5.91 Å². The van der Waals surface area contributed by atoms with Crippen LogP contribution < -0.4 is 5.73 Å². The van der Waals surface area contributed by atoms with Gasteiger partial charge in [0.1, 0.15) is 5.25 Å². The Kier molecular flexibility index (Phi) is 4.83. The quantitative estimate of drug-likeness (QED) is 0.859. The molecule has 0 aliphatic heterocycles. The lowest BCUT2D eigenvalue weighted by Crippen LogP contribution is -2.18. The van der Waals surface area contributed by atoms with E-state index in [0.717, 1.165) is 14.9 Å². The van der Waals surface area contributed by atoms with E-state index >= 15 is 0 Å². The van der Waals surface area contributed by atoms with E-state index in [-0.39, 0.29) is 5.91 Å². The Bertz CT molecular complexity index is 647. The van der Waals surface area contributed by atoms with Crippen LogP contribution in [-0.4, -0.2) is 5.91 Å². The zero-order chi connectivity index (χ0) is 14.5. The van der Waals surface area contributed by atoms with Crippen molar-refractivity contribution in [3.05, 3.63) is 64.1 Å². The first kappa shape index (κ1) is 14.6. The van der Waals surface area contributed by atoms with E-state index in [1.807, 2.05) is 36.4 Å². The third kappa shape index (κ3) is 3.62. The first-order valence-corrected chi connectivity index (χ1v) is 7.49. The molecule has 1 unspecified atom stereocenters. The molecule has 0 radical (unpaired) electrons. The second-order valence-corrected chi connectivity index (χ2v) is 6.18. The second-order valence-electron chi connectivity index (χ2n) is 4.09. The summed E-state index contributed by atoms with van der Waals surface area (Å²) >= 11 is 4.74. The molecule has 0 aliphatic carbocycles. The summed E-state index contributed by atoms with van der Waals surface area (Å²) in [5.41, 5.74) is 6.93. The van der Waals surface area contributed by atoms with Crippen LogP contribution >= 0.6 is 27.7 Å². The van der Waals surface area contributed by atoms with Crippen LogP contribution in [0.15, 0.2) is 57.9 Å². The summed E-state index contributed by atoms with van der Waals surface area (Å²) in [4.78, 5) is 12.5. The molecule has 1 amide bonds. The number of nitrogens with zero attached hydrogens (tertiary/aromatic N) is 1. The van der Waals surface area contributed by atoms with Crippen molar-refractivity contribution in [2.75, 3.05) is 0 Å². The number of hydrogen-bond acceptors (Lipinski definition) is 3. The lowest BCUT2D eigenvalue weighted by atomic mass is 10.1. The number of carbonyl (C=O) groups is 1. The fourth-order valence-electron chi connectivity index (χ4n) is 1.67. The molecule has 20 heavy (non-hydrogen) atoms. The van der Waals surface area contributed by atoms with Gasteiger partial charge >= 0.3 is 0 Å². The predicted molar refractivity (Wildman–Crippen MR) is 83.1 cm³/mol. The van der Waals surface area contributed by atoms with Gasteiger partial charge in [-0.2, -0.15) is 5.26 Å². The average Bonchev–Trinajstić information content (AvgIpc) is 2.46. The molecule has 100 valence electrons. The van der Waals surface area contributed by atoms with Crippen LogP contribution in [0.3, 0.4) is 0 Å². The largest absolute Gasteiger partial charge is 0.368 e. The Morgan fingerprint density at radius 1 is 1.15 bits per heavy atom. The van der Waals surface area contributed by atoms with Crippen LogP contribution in [0.25, 0.3) is 0 Å². The molecule has 1 atom stereocenters. The molecule has 3 nitrogen and oxygen atoms in total. The maximum atomic E-state index is 11.6. The Morgan fingerprint density at radius 3 is 2.25 bits per heavy atom. The predicted octanol–water partition coefficient (Wildman–Crippen LogP) is 3.64. The van der Waals surface area contributed by atoms with Crippen molar-refractivity contribution >= 4 is 33.6 Å². The lowest BCUT2D eigenvalue weighted by molar-refractivity contribution is -0.117. The molecular weight excluding hydrogens is 336 g/mol. The summed E-state index contributed by atoms with van der Waals surface area (Å²) in [5, 5.41) is 8.32. The summed E-state index contributed by atoms with van der Waals surface area (Å²) in [6.45, 7) is 0. The number of amides is 1. The van der Waals surface area contributed by atoms with Crippen molar-refractivity contribution in [1.29, 1.82) is 5.26 Å².